The summed E-state index contributed by atoms with van der Waals surface area (Å²) in [6.07, 6.45) is 3.05. The topological polar surface area (TPSA) is 66.9 Å². The molecule has 1 aliphatic heterocycles. The Morgan fingerprint density at radius 1 is 1.57 bits per heavy atom. The molecule has 2 rings (SSSR count). The van der Waals surface area contributed by atoms with Gasteiger partial charge in [-0.05, 0) is 13.5 Å². The first-order valence-corrected chi connectivity index (χ1v) is 4.59. The minimum absolute atomic E-state index is 0.0339. The van der Waals surface area contributed by atoms with E-state index in [4.69, 9.17) is 0 Å². The lowest BCUT2D eigenvalue weighted by Crippen LogP contribution is -2.22. The van der Waals surface area contributed by atoms with Crippen LogP contribution in [0, 0.1) is 0 Å². The van der Waals surface area contributed by atoms with Crippen LogP contribution in [0.25, 0.3) is 0 Å². The van der Waals surface area contributed by atoms with E-state index in [2.05, 4.69) is 20.6 Å². The first-order valence-electron chi connectivity index (χ1n) is 4.59. The fourth-order valence-corrected chi connectivity index (χ4v) is 1.42. The highest BCUT2D eigenvalue weighted by molar-refractivity contribution is 5.92. The summed E-state index contributed by atoms with van der Waals surface area (Å²) in [7, 11) is 1.83. The Balaban J connectivity index is 2.28. The van der Waals surface area contributed by atoms with E-state index in [0.29, 0.717) is 24.6 Å². The van der Waals surface area contributed by atoms with Crippen molar-refractivity contribution in [2.24, 2.45) is 0 Å². The lowest BCUT2D eigenvalue weighted by molar-refractivity contribution is -0.116. The molecule has 5 nitrogen and oxygen atoms in total. The van der Waals surface area contributed by atoms with E-state index in [1.165, 1.54) is 0 Å². The molecule has 74 valence electrons. The van der Waals surface area contributed by atoms with Gasteiger partial charge in [0.15, 0.2) is 0 Å². The molecule has 1 aliphatic rings. The molecule has 0 fully saturated rings. The van der Waals surface area contributed by atoms with E-state index in [9.17, 15) is 4.79 Å². The number of rotatable bonds is 2. The van der Waals surface area contributed by atoms with E-state index in [0.717, 1.165) is 12.0 Å². The van der Waals surface area contributed by atoms with Crippen molar-refractivity contribution >= 4 is 11.7 Å². The number of aryl methyl sites for hydroxylation is 1. The molecule has 0 atom stereocenters. The summed E-state index contributed by atoms with van der Waals surface area (Å²) in [6, 6.07) is 0. The number of carbonyl (C=O) groups excluding carboxylic acids is 1. The van der Waals surface area contributed by atoms with Crippen molar-refractivity contribution in [3.8, 4) is 0 Å². The molecule has 0 saturated heterocycles. The van der Waals surface area contributed by atoms with Crippen LogP contribution < -0.4 is 10.6 Å². The molecule has 0 spiro atoms. The van der Waals surface area contributed by atoms with Crippen LogP contribution >= 0.6 is 0 Å². The van der Waals surface area contributed by atoms with Gasteiger partial charge in [-0.3, -0.25) is 4.79 Å². The van der Waals surface area contributed by atoms with Gasteiger partial charge < -0.3 is 10.6 Å². The largest absolute Gasteiger partial charge is 0.313 e. The number of nitrogens with one attached hydrogen (secondary N) is 2. The Bertz CT molecular complexity index is 364. The molecule has 0 bridgehead atoms. The number of fused-ring (bicyclic) bond motifs is 1. The minimum Gasteiger partial charge on any atom is -0.313 e. The first-order chi connectivity index (χ1) is 6.79. The average molecular weight is 192 g/mol. The molecular weight excluding hydrogens is 180 g/mol. The smallest absolute Gasteiger partial charge is 0.225 e. The Hall–Kier alpha value is -1.49. The third-order valence-electron chi connectivity index (χ3n) is 2.13. The molecular formula is C9H12N4O. The summed E-state index contributed by atoms with van der Waals surface area (Å²) in [5.41, 5.74) is 1.02. The second-order valence-corrected chi connectivity index (χ2v) is 3.24. The monoisotopic (exact) mass is 192 g/mol. The molecule has 2 heterocycles. The fourth-order valence-electron chi connectivity index (χ4n) is 1.42. The van der Waals surface area contributed by atoms with Crippen molar-refractivity contribution in [3.05, 3.63) is 17.6 Å². The molecule has 0 aliphatic carbocycles. The van der Waals surface area contributed by atoms with Crippen LogP contribution in [-0.4, -0.2) is 22.9 Å². The summed E-state index contributed by atoms with van der Waals surface area (Å²) in [6.45, 7) is 0.614. The average Bonchev–Trinajstić information content (AvgIpc) is 2.17. The summed E-state index contributed by atoms with van der Waals surface area (Å²) >= 11 is 0. The highest BCUT2D eigenvalue weighted by Gasteiger charge is 2.16. The number of hydrogen-bond acceptors (Lipinski definition) is 4. The Morgan fingerprint density at radius 3 is 3.21 bits per heavy atom. The first kappa shape index (κ1) is 9.08. The Kier molecular flexibility index (Phi) is 2.41. The summed E-state index contributed by atoms with van der Waals surface area (Å²) in [4.78, 5) is 19.5. The van der Waals surface area contributed by atoms with Crippen molar-refractivity contribution in [2.45, 2.75) is 19.4 Å². The molecule has 2 N–H and O–H groups in total. The van der Waals surface area contributed by atoms with Crippen LogP contribution in [0.3, 0.4) is 0 Å². The SMILES string of the molecule is CNCc1ncc2c(n1)NC(=O)CC2. The fraction of sp³-hybridized carbons (Fsp3) is 0.444. The molecule has 0 aromatic carbocycles. The van der Waals surface area contributed by atoms with Gasteiger partial charge >= 0.3 is 0 Å². The normalized spacial score (nSPS) is 14.8. The van der Waals surface area contributed by atoms with E-state index < -0.39 is 0 Å². The van der Waals surface area contributed by atoms with Gasteiger partial charge in [-0.25, -0.2) is 9.97 Å². The zero-order chi connectivity index (χ0) is 9.97. The number of amides is 1. The molecule has 0 radical (unpaired) electrons. The van der Waals surface area contributed by atoms with Crippen molar-refractivity contribution in [1.82, 2.24) is 15.3 Å². The van der Waals surface area contributed by atoms with Crippen LogP contribution in [0.4, 0.5) is 5.82 Å². The third-order valence-corrected chi connectivity index (χ3v) is 2.13. The number of carbonyl (C=O) groups is 1. The second kappa shape index (κ2) is 3.71. The Morgan fingerprint density at radius 2 is 2.43 bits per heavy atom. The summed E-state index contributed by atoms with van der Waals surface area (Å²) in [5.74, 6) is 1.40. The minimum atomic E-state index is 0.0339. The predicted molar refractivity (Wildman–Crippen MR) is 51.7 cm³/mol. The lowest BCUT2D eigenvalue weighted by Gasteiger charge is -2.15. The van der Waals surface area contributed by atoms with Gasteiger partial charge in [0.25, 0.3) is 0 Å². The van der Waals surface area contributed by atoms with E-state index in [-0.39, 0.29) is 5.91 Å². The maximum Gasteiger partial charge on any atom is 0.225 e. The molecule has 1 aromatic rings. The summed E-state index contributed by atoms with van der Waals surface area (Å²) < 4.78 is 0. The van der Waals surface area contributed by atoms with Gasteiger partial charge in [-0.2, -0.15) is 0 Å². The maximum absolute atomic E-state index is 11.1. The molecule has 1 aromatic heterocycles. The van der Waals surface area contributed by atoms with E-state index >= 15 is 0 Å². The zero-order valence-corrected chi connectivity index (χ0v) is 8.00. The van der Waals surface area contributed by atoms with Crippen LogP contribution in [0.1, 0.15) is 17.8 Å². The Labute approximate surface area is 82.0 Å². The zero-order valence-electron chi connectivity index (χ0n) is 8.00. The van der Waals surface area contributed by atoms with Crippen LogP contribution in [0.15, 0.2) is 6.20 Å². The van der Waals surface area contributed by atoms with Crippen molar-refractivity contribution < 1.29 is 4.79 Å². The molecule has 0 saturated carbocycles. The van der Waals surface area contributed by atoms with Crippen molar-refractivity contribution in [1.29, 1.82) is 0 Å². The van der Waals surface area contributed by atoms with Gasteiger partial charge in [-0.1, -0.05) is 0 Å². The van der Waals surface area contributed by atoms with Crippen LogP contribution in [-0.2, 0) is 17.8 Å². The molecule has 0 unspecified atom stereocenters. The quantitative estimate of drug-likeness (QED) is 0.696. The molecule has 5 heteroatoms. The number of nitrogens with zero attached hydrogens (tertiary/aromatic N) is 2. The van der Waals surface area contributed by atoms with Gasteiger partial charge in [-0.15, -0.1) is 0 Å². The van der Waals surface area contributed by atoms with E-state index in [1.54, 1.807) is 6.20 Å². The van der Waals surface area contributed by atoms with Crippen molar-refractivity contribution in [3.63, 3.8) is 0 Å². The van der Waals surface area contributed by atoms with Gasteiger partial charge in [0.05, 0.1) is 6.54 Å². The number of anilines is 1. The highest BCUT2D eigenvalue weighted by Crippen LogP contribution is 2.18. The molecule has 14 heavy (non-hydrogen) atoms. The maximum atomic E-state index is 11.1. The second-order valence-electron chi connectivity index (χ2n) is 3.24. The van der Waals surface area contributed by atoms with Crippen molar-refractivity contribution in [2.75, 3.05) is 12.4 Å². The molecule has 1 amide bonds. The van der Waals surface area contributed by atoms with Gasteiger partial charge in [0, 0.05) is 18.2 Å². The highest BCUT2D eigenvalue weighted by atomic mass is 16.1. The van der Waals surface area contributed by atoms with Gasteiger partial charge in [0.2, 0.25) is 5.91 Å². The van der Waals surface area contributed by atoms with Gasteiger partial charge in [0.1, 0.15) is 11.6 Å². The standard InChI is InChI=1S/C9H12N4O/c1-10-5-7-11-4-6-2-3-8(14)13-9(6)12-7/h4,10H,2-3,5H2,1H3,(H,11,12,13,14). The third kappa shape index (κ3) is 1.72. The predicted octanol–water partition coefficient (Wildman–Crippen LogP) is 0.0807. The van der Waals surface area contributed by atoms with Crippen LogP contribution in [0.5, 0.6) is 0 Å². The van der Waals surface area contributed by atoms with Crippen LogP contribution in [0.2, 0.25) is 0 Å². The number of hydrogen-bond donors (Lipinski definition) is 2. The number of aromatic nitrogens is 2. The summed E-state index contributed by atoms with van der Waals surface area (Å²) in [5, 5.41) is 5.71. The van der Waals surface area contributed by atoms with E-state index in [1.807, 2.05) is 7.05 Å². The lowest BCUT2D eigenvalue weighted by atomic mass is 10.1.